The first-order valence-electron chi connectivity index (χ1n) is 6.93. The maximum atomic E-state index is 11.5. The lowest BCUT2D eigenvalue weighted by molar-refractivity contribution is -0.144. The molecule has 1 aliphatic rings. The van der Waals surface area contributed by atoms with Crippen molar-refractivity contribution in [2.24, 2.45) is 0 Å². The van der Waals surface area contributed by atoms with Gasteiger partial charge in [-0.1, -0.05) is 12.8 Å². The number of likely N-dealkylation sites (tertiary alicyclic amines) is 1. The lowest BCUT2D eigenvalue weighted by atomic mass is 10.1. The standard InChI is InChI=1S/C14H22N2O2S/c1-9-13(19-11(3)15-9)10(2)16-8-6-4-5-7-12(16)14(17)18/h10,12H,4-8H2,1-3H3,(H,17,18). The largest absolute Gasteiger partial charge is 0.480 e. The van der Waals surface area contributed by atoms with Gasteiger partial charge < -0.3 is 5.11 Å². The Morgan fingerprint density at radius 2 is 2.16 bits per heavy atom. The molecule has 2 heterocycles. The third-order valence-electron chi connectivity index (χ3n) is 3.90. The van der Waals surface area contributed by atoms with Crippen molar-refractivity contribution in [3.8, 4) is 0 Å². The van der Waals surface area contributed by atoms with Gasteiger partial charge in [0.1, 0.15) is 6.04 Å². The van der Waals surface area contributed by atoms with Crippen molar-refractivity contribution in [3.05, 3.63) is 15.6 Å². The van der Waals surface area contributed by atoms with Crippen LogP contribution in [0.4, 0.5) is 0 Å². The number of aromatic nitrogens is 1. The first-order valence-corrected chi connectivity index (χ1v) is 7.75. The summed E-state index contributed by atoms with van der Waals surface area (Å²) < 4.78 is 0. The summed E-state index contributed by atoms with van der Waals surface area (Å²) in [6.07, 6.45) is 4.00. The van der Waals surface area contributed by atoms with Crippen molar-refractivity contribution in [2.75, 3.05) is 6.54 Å². The summed E-state index contributed by atoms with van der Waals surface area (Å²) in [5.74, 6) is -0.687. The predicted octanol–water partition coefficient (Wildman–Crippen LogP) is 3.15. The van der Waals surface area contributed by atoms with E-state index in [1.165, 1.54) is 4.88 Å². The van der Waals surface area contributed by atoms with Crippen LogP contribution in [0.3, 0.4) is 0 Å². The van der Waals surface area contributed by atoms with E-state index >= 15 is 0 Å². The van der Waals surface area contributed by atoms with Crippen molar-refractivity contribution >= 4 is 17.3 Å². The number of hydrogen-bond acceptors (Lipinski definition) is 4. The summed E-state index contributed by atoms with van der Waals surface area (Å²) in [7, 11) is 0. The molecule has 2 unspecified atom stereocenters. The number of carboxylic acid groups (broad SMARTS) is 1. The van der Waals surface area contributed by atoms with E-state index in [2.05, 4.69) is 16.8 Å². The molecule has 4 nitrogen and oxygen atoms in total. The monoisotopic (exact) mass is 282 g/mol. The summed E-state index contributed by atoms with van der Waals surface area (Å²) in [5.41, 5.74) is 1.04. The minimum atomic E-state index is -0.687. The molecule has 1 aromatic rings. The SMILES string of the molecule is Cc1nc(C)c(C(C)N2CCCCCC2C(=O)O)s1. The zero-order valence-electron chi connectivity index (χ0n) is 11.8. The lowest BCUT2D eigenvalue weighted by Crippen LogP contribution is -2.42. The first kappa shape index (κ1) is 14.5. The lowest BCUT2D eigenvalue weighted by Gasteiger charge is -2.32. The van der Waals surface area contributed by atoms with Gasteiger partial charge in [-0.05, 0) is 40.2 Å². The van der Waals surface area contributed by atoms with Crippen LogP contribution in [0.1, 0.15) is 54.2 Å². The topological polar surface area (TPSA) is 53.4 Å². The van der Waals surface area contributed by atoms with E-state index in [4.69, 9.17) is 0 Å². The Bertz CT molecular complexity index is 458. The molecule has 0 bridgehead atoms. The molecule has 19 heavy (non-hydrogen) atoms. The Morgan fingerprint density at radius 3 is 2.74 bits per heavy atom. The van der Waals surface area contributed by atoms with E-state index < -0.39 is 5.97 Å². The maximum absolute atomic E-state index is 11.5. The smallest absolute Gasteiger partial charge is 0.320 e. The molecule has 2 atom stereocenters. The molecule has 0 saturated carbocycles. The van der Waals surface area contributed by atoms with Gasteiger partial charge in [0, 0.05) is 10.9 Å². The Labute approximate surface area is 118 Å². The fraction of sp³-hybridized carbons (Fsp3) is 0.714. The van der Waals surface area contributed by atoms with Gasteiger partial charge in [0.15, 0.2) is 0 Å². The number of thiazole rings is 1. The molecule has 1 saturated heterocycles. The zero-order valence-corrected chi connectivity index (χ0v) is 12.7. The van der Waals surface area contributed by atoms with Crippen molar-refractivity contribution in [2.45, 2.75) is 58.5 Å². The van der Waals surface area contributed by atoms with Gasteiger partial charge in [0.05, 0.1) is 10.7 Å². The van der Waals surface area contributed by atoms with Crippen LogP contribution >= 0.6 is 11.3 Å². The van der Waals surface area contributed by atoms with Crippen molar-refractivity contribution in [1.29, 1.82) is 0 Å². The van der Waals surface area contributed by atoms with Gasteiger partial charge in [-0.25, -0.2) is 4.98 Å². The number of rotatable bonds is 3. The third kappa shape index (κ3) is 3.15. The number of aryl methyl sites for hydroxylation is 2. The summed E-state index contributed by atoms with van der Waals surface area (Å²) in [6, 6.07) is -0.204. The second-order valence-electron chi connectivity index (χ2n) is 5.30. The van der Waals surface area contributed by atoms with Crippen LogP contribution in [-0.2, 0) is 4.79 Å². The number of nitrogens with zero attached hydrogens (tertiary/aromatic N) is 2. The van der Waals surface area contributed by atoms with Crippen LogP contribution in [0, 0.1) is 13.8 Å². The van der Waals surface area contributed by atoms with Crippen LogP contribution in [0.5, 0.6) is 0 Å². The van der Waals surface area contributed by atoms with Gasteiger partial charge in [-0.15, -0.1) is 11.3 Å². The van der Waals surface area contributed by atoms with E-state index in [1.807, 2.05) is 13.8 Å². The molecular weight excluding hydrogens is 260 g/mol. The van der Waals surface area contributed by atoms with E-state index in [-0.39, 0.29) is 12.1 Å². The molecule has 1 fully saturated rings. The van der Waals surface area contributed by atoms with E-state index in [0.717, 1.165) is 42.9 Å². The molecule has 1 aromatic heterocycles. The zero-order chi connectivity index (χ0) is 14.0. The van der Waals surface area contributed by atoms with Crippen molar-refractivity contribution in [1.82, 2.24) is 9.88 Å². The quantitative estimate of drug-likeness (QED) is 0.925. The van der Waals surface area contributed by atoms with Crippen LogP contribution in [0.2, 0.25) is 0 Å². The molecule has 1 N–H and O–H groups in total. The molecule has 0 radical (unpaired) electrons. The van der Waals surface area contributed by atoms with Gasteiger partial charge >= 0.3 is 5.97 Å². The molecule has 5 heteroatoms. The predicted molar refractivity (Wildman–Crippen MR) is 76.6 cm³/mol. The fourth-order valence-electron chi connectivity index (χ4n) is 2.94. The second kappa shape index (κ2) is 6.01. The van der Waals surface area contributed by atoms with Gasteiger partial charge in [0.25, 0.3) is 0 Å². The molecular formula is C14H22N2O2S. The van der Waals surface area contributed by atoms with Crippen molar-refractivity contribution < 1.29 is 9.90 Å². The number of aliphatic carboxylic acids is 1. The van der Waals surface area contributed by atoms with Crippen LogP contribution in [0.25, 0.3) is 0 Å². The number of carboxylic acids is 1. The Balaban J connectivity index is 2.25. The minimum absolute atomic E-state index is 0.144. The maximum Gasteiger partial charge on any atom is 0.320 e. The summed E-state index contributed by atoms with van der Waals surface area (Å²) in [5, 5.41) is 10.5. The third-order valence-corrected chi connectivity index (χ3v) is 5.14. The molecule has 106 valence electrons. The van der Waals surface area contributed by atoms with Gasteiger partial charge in [-0.3, -0.25) is 9.69 Å². The highest BCUT2D eigenvalue weighted by molar-refractivity contribution is 7.11. The Kier molecular flexibility index (Phi) is 4.58. The molecule has 0 aromatic carbocycles. The second-order valence-corrected chi connectivity index (χ2v) is 6.53. The first-order chi connectivity index (χ1) is 9.00. The summed E-state index contributed by atoms with van der Waals surface area (Å²) >= 11 is 1.69. The molecule has 0 aliphatic carbocycles. The highest BCUT2D eigenvalue weighted by Crippen LogP contribution is 2.32. The highest BCUT2D eigenvalue weighted by atomic mass is 32.1. The van der Waals surface area contributed by atoms with Gasteiger partial charge in [0.2, 0.25) is 0 Å². The Hall–Kier alpha value is -0.940. The van der Waals surface area contributed by atoms with Crippen LogP contribution in [0.15, 0.2) is 0 Å². The summed E-state index contributed by atoms with van der Waals surface area (Å²) in [4.78, 5) is 19.3. The van der Waals surface area contributed by atoms with Crippen LogP contribution < -0.4 is 0 Å². The highest BCUT2D eigenvalue weighted by Gasteiger charge is 2.32. The normalized spacial score (nSPS) is 23.0. The molecule has 2 rings (SSSR count). The molecule has 0 spiro atoms. The Morgan fingerprint density at radius 1 is 1.42 bits per heavy atom. The number of hydrogen-bond donors (Lipinski definition) is 1. The number of carbonyl (C=O) groups is 1. The van der Waals surface area contributed by atoms with E-state index in [0.29, 0.717) is 0 Å². The average molecular weight is 282 g/mol. The minimum Gasteiger partial charge on any atom is -0.480 e. The fourth-order valence-corrected chi connectivity index (χ4v) is 3.94. The van der Waals surface area contributed by atoms with E-state index in [1.54, 1.807) is 11.3 Å². The van der Waals surface area contributed by atoms with E-state index in [9.17, 15) is 9.90 Å². The van der Waals surface area contributed by atoms with Crippen LogP contribution in [-0.4, -0.2) is 33.5 Å². The summed E-state index contributed by atoms with van der Waals surface area (Å²) in [6.45, 7) is 7.00. The van der Waals surface area contributed by atoms with Gasteiger partial charge in [-0.2, -0.15) is 0 Å². The molecule has 0 amide bonds. The van der Waals surface area contributed by atoms with Crippen molar-refractivity contribution in [3.63, 3.8) is 0 Å². The average Bonchev–Trinajstić information content (AvgIpc) is 2.57. The molecule has 1 aliphatic heterocycles.